The second kappa shape index (κ2) is 10.7. The standard InChI is InChI=1S/C28H35N7O2/c1-33(2)17-19-9-11-20(12-10-19)18-35-26-24(25(29)31-28(32-26)37-14-13-36-4)34(3)27(35)22-15-21-7-5-6-8-23(21)30-16-22/h5-12,16,21,27H,13-15,17-18H2,1-4H3,(H2,29,31,32). The molecule has 9 nitrogen and oxygen atoms in total. The van der Waals surface area contributed by atoms with Crippen LogP contribution in [0, 0.1) is 5.92 Å². The van der Waals surface area contributed by atoms with E-state index in [1.54, 1.807) is 7.11 Å². The number of ether oxygens (including phenoxy) is 2. The van der Waals surface area contributed by atoms with Crippen molar-refractivity contribution < 1.29 is 9.47 Å². The van der Waals surface area contributed by atoms with Crippen LogP contribution in [-0.4, -0.2) is 68.2 Å². The molecular weight excluding hydrogens is 466 g/mol. The smallest absolute Gasteiger partial charge is 0.320 e. The molecule has 37 heavy (non-hydrogen) atoms. The summed E-state index contributed by atoms with van der Waals surface area (Å²) in [7, 11) is 7.84. The SMILES string of the molecule is COCCOc1nc(N)c2c(n1)N(Cc1ccc(CN(C)C)cc1)C(C1=CN=C3C=CC=CC3C1)N2C. The number of nitrogens with zero attached hydrogens (tertiary/aromatic N) is 6. The molecule has 2 aromatic rings. The first-order valence-electron chi connectivity index (χ1n) is 12.6. The Morgan fingerprint density at radius 2 is 1.86 bits per heavy atom. The number of nitrogen functional groups attached to an aromatic ring is 1. The van der Waals surface area contributed by atoms with Gasteiger partial charge in [-0.2, -0.15) is 9.97 Å². The molecule has 0 saturated carbocycles. The fourth-order valence-electron chi connectivity index (χ4n) is 5.15. The number of hydrogen-bond acceptors (Lipinski definition) is 9. The van der Waals surface area contributed by atoms with Crippen LogP contribution >= 0.6 is 0 Å². The summed E-state index contributed by atoms with van der Waals surface area (Å²) >= 11 is 0. The second-order valence-corrected chi connectivity index (χ2v) is 9.88. The molecule has 0 spiro atoms. The van der Waals surface area contributed by atoms with Gasteiger partial charge in [0.1, 0.15) is 18.5 Å². The lowest BCUT2D eigenvalue weighted by molar-refractivity contribution is 0.141. The van der Waals surface area contributed by atoms with Crippen molar-refractivity contribution in [3.8, 4) is 6.01 Å². The van der Waals surface area contributed by atoms with Crippen molar-refractivity contribution in [1.82, 2.24) is 14.9 Å². The van der Waals surface area contributed by atoms with Gasteiger partial charge in [-0.1, -0.05) is 42.5 Å². The molecule has 194 valence electrons. The fourth-order valence-corrected chi connectivity index (χ4v) is 5.15. The number of benzene rings is 1. The number of allylic oxidation sites excluding steroid dienone is 4. The third kappa shape index (κ3) is 5.23. The molecule has 2 unspecified atom stereocenters. The highest BCUT2D eigenvalue weighted by atomic mass is 16.5. The van der Waals surface area contributed by atoms with E-state index in [1.165, 1.54) is 16.7 Å². The monoisotopic (exact) mass is 501 g/mol. The van der Waals surface area contributed by atoms with E-state index in [1.807, 2.05) is 19.3 Å². The molecule has 1 aromatic heterocycles. The zero-order valence-corrected chi connectivity index (χ0v) is 22.0. The van der Waals surface area contributed by atoms with E-state index in [9.17, 15) is 0 Å². The Morgan fingerprint density at radius 1 is 1.08 bits per heavy atom. The highest BCUT2D eigenvalue weighted by Gasteiger charge is 2.41. The molecule has 2 aliphatic heterocycles. The van der Waals surface area contributed by atoms with E-state index in [-0.39, 0.29) is 18.1 Å². The lowest BCUT2D eigenvalue weighted by atomic mass is 9.88. The number of hydrogen-bond donors (Lipinski definition) is 1. The van der Waals surface area contributed by atoms with Crippen LogP contribution in [0.3, 0.4) is 0 Å². The first-order valence-corrected chi connectivity index (χ1v) is 12.6. The predicted molar refractivity (Wildman–Crippen MR) is 148 cm³/mol. The number of likely N-dealkylation sites (N-methyl/N-ethyl adjacent to an activating group) is 1. The van der Waals surface area contributed by atoms with Crippen molar-refractivity contribution in [2.24, 2.45) is 10.9 Å². The molecule has 0 fully saturated rings. The highest BCUT2D eigenvalue weighted by molar-refractivity contribution is 6.00. The van der Waals surface area contributed by atoms with Crippen LogP contribution < -0.4 is 20.3 Å². The molecular formula is C28H35N7O2. The van der Waals surface area contributed by atoms with E-state index in [2.05, 4.69) is 76.3 Å². The van der Waals surface area contributed by atoms with Crippen LogP contribution in [0.5, 0.6) is 6.01 Å². The highest BCUT2D eigenvalue weighted by Crippen LogP contribution is 2.46. The van der Waals surface area contributed by atoms with E-state index >= 15 is 0 Å². The van der Waals surface area contributed by atoms with Gasteiger partial charge in [0.05, 0.1) is 6.61 Å². The summed E-state index contributed by atoms with van der Waals surface area (Å²) in [6.45, 7) is 2.36. The largest absolute Gasteiger partial charge is 0.461 e. The molecule has 0 radical (unpaired) electrons. The second-order valence-electron chi connectivity index (χ2n) is 9.88. The third-order valence-corrected chi connectivity index (χ3v) is 6.82. The molecule has 9 heteroatoms. The zero-order valence-electron chi connectivity index (χ0n) is 22.0. The quantitative estimate of drug-likeness (QED) is 0.523. The lowest BCUT2D eigenvalue weighted by Crippen LogP contribution is -2.44. The number of nitrogens with two attached hydrogens (primary N) is 1. The van der Waals surface area contributed by atoms with Gasteiger partial charge in [0.15, 0.2) is 11.6 Å². The first kappa shape index (κ1) is 25.0. The Bertz CT molecular complexity index is 1250. The van der Waals surface area contributed by atoms with Gasteiger partial charge >= 0.3 is 6.01 Å². The minimum absolute atomic E-state index is 0.0908. The van der Waals surface area contributed by atoms with Gasteiger partial charge < -0.3 is 29.9 Å². The summed E-state index contributed by atoms with van der Waals surface area (Å²) in [5.74, 6) is 1.43. The maximum absolute atomic E-state index is 6.48. The van der Waals surface area contributed by atoms with Crippen LogP contribution in [-0.2, 0) is 17.8 Å². The van der Waals surface area contributed by atoms with Gasteiger partial charge in [-0.25, -0.2) is 0 Å². The average molecular weight is 502 g/mol. The van der Waals surface area contributed by atoms with Gasteiger partial charge in [-0.15, -0.1) is 0 Å². The van der Waals surface area contributed by atoms with E-state index in [4.69, 9.17) is 25.2 Å². The van der Waals surface area contributed by atoms with Gasteiger partial charge in [0, 0.05) is 45.1 Å². The summed E-state index contributed by atoms with van der Waals surface area (Å²) in [4.78, 5) is 20.7. The predicted octanol–water partition coefficient (Wildman–Crippen LogP) is 3.40. The maximum atomic E-state index is 6.48. The van der Waals surface area contributed by atoms with Gasteiger partial charge in [-0.05, 0) is 43.3 Å². The number of aliphatic imine (C=N–C) groups is 1. The van der Waals surface area contributed by atoms with Gasteiger partial charge in [-0.3, -0.25) is 4.99 Å². The molecule has 2 N–H and O–H groups in total. The molecule has 3 heterocycles. The molecule has 1 aromatic carbocycles. The van der Waals surface area contributed by atoms with Crippen molar-refractivity contribution in [2.75, 3.05) is 57.0 Å². The van der Waals surface area contributed by atoms with E-state index < -0.39 is 0 Å². The Hall–Kier alpha value is -3.69. The average Bonchev–Trinajstić information content (AvgIpc) is 3.16. The first-order chi connectivity index (χ1) is 17.9. The van der Waals surface area contributed by atoms with Crippen molar-refractivity contribution in [2.45, 2.75) is 25.7 Å². The number of anilines is 3. The minimum Gasteiger partial charge on any atom is -0.461 e. The molecule has 0 saturated heterocycles. The Balaban J connectivity index is 1.50. The van der Waals surface area contributed by atoms with Crippen LogP contribution in [0.2, 0.25) is 0 Å². The Labute approximate surface area is 218 Å². The summed E-state index contributed by atoms with van der Waals surface area (Å²) in [6, 6.07) is 9.01. The van der Waals surface area contributed by atoms with Crippen LogP contribution in [0.4, 0.5) is 17.3 Å². The fraction of sp³-hybridized carbons (Fsp3) is 0.393. The number of methoxy groups -OCH3 is 1. The lowest BCUT2D eigenvalue weighted by Gasteiger charge is -2.35. The third-order valence-electron chi connectivity index (χ3n) is 6.82. The molecule has 0 bridgehead atoms. The van der Waals surface area contributed by atoms with Crippen molar-refractivity contribution in [3.05, 3.63) is 71.5 Å². The van der Waals surface area contributed by atoms with Crippen LogP contribution in [0.15, 0.2) is 65.3 Å². The Kier molecular flexibility index (Phi) is 7.25. The van der Waals surface area contributed by atoms with E-state index in [0.717, 1.165) is 30.2 Å². The summed E-state index contributed by atoms with van der Waals surface area (Å²) < 4.78 is 10.9. The summed E-state index contributed by atoms with van der Waals surface area (Å²) in [5.41, 5.74) is 12.1. The zero-order chi connectivity index (χ0) is 25.9. The van der Waals surface area contributed by atoms with Crippen LogP contribution in [0.25, 0.3) is 0 Å². The van der Waals surface area contributed by atoms with Crippen LogP contribution in [0.1, 0.15) is 17.5 Å². The summed E-state index contributed by atoms with van der Waals surface area (Å²) in [6.07, 6.45) is 11.2. The molecule has 3 aliphatic rings. The van der Waals surface area contributed by atoms with Crippen molar-refractivity contribution in [3.63, 3.8) is 0 Å². The molecule has 1 aliphatic carbocycles. The summed E-state index contributed by atoms with van der Waals surface area (Å²) in [5, 5.41) is 0. The number of fused-ring (bicyclic) bond motifs is 2. The van der Waals surface area contributed by atoms with Gasteiger partial charge in [0.2, 0.25) is 0 Å². The van der Waals surface area contributed by atoms with Crippen molar-refractivity contribution in [1.29, 1.82) is 0 Å². The number of rotatable bonds is 9. The number of aromatic nitrogens is 2. The Morgan fingerprint density at radius 3 is 2.62 bits per heavy atom. The maximum Gasteiger partial charge on any atom is 0.320 e. The van der Waals surface area contributed by atoms with E-state index in [0.29, 0.717) is 25.6 Å². The normalized spacial score (nSPS) is 20.1. The van der Waals surface area contributed by atoms with Gasteiger partial charge in [0.25, 0.3) is 0 Å². The molecule has 0 amide bonds. The molecule has 2 atom stereocenters. The topological polar surface area (TPSA) is 92.3 Å². The minimum atomic E-state index is -0.0908. The molecule has 5 rings (SSSR count). The van der Waals surface area contributed by atoms with Crippen molar-refractivity contribution >= 4 is 23.0 Å².